The van der Waals surface area contributed by atoms with Crippen molar-refractivity contribution < 1.29 is 13.9 Å². The number of anilines is 1. The molecule has 5 nitrogen and oxygen atoms in total. The lowest BCUT2D eigenvalue weighted by atomic mass is 10.2. The van der Waals surface area contributed by atoms with E-state index in [-0.39, 0.29) is 11.7 Å². The zero-order valence-corrected chi connectivity index (χ0v) is 12.7. The summed E-state index contributed by atoms with van der Waals surface area (Å²) < 4.78 is 10.4. The van der Waals surface area contributed by atoms with Gasteiger partial charge in [-0.25, -0.2) is 4.98 Å². The third-order valence-electron chi connectivity index (χ3n) is 2.97. The van der Waals surface area contributed by atoms with Crippen LogP contribution in [0, 0.1) is 0 Å². The van der Waals surface area contributed by atoms with Crippen molar-refractivity contribution in [1.82, 2.24) is 4.98 Å². The van der Waals surface area contributed by atoms with E-state index in [1.165, 1.54) is 0 Å². The van der Waals surface area contributed by atoms with Gasteiger partial charge in [-0.2, -0.15) is 0 Å². The van der Waals surface area contributed by atoms with Gasteiger partial charge >= 0.3 is 0 Å². The van der Waals surface area contributed by atoms with Crippen LogP contribution in [0.3, 0.4) is 0 Å². The van der Waals surface area contributed by atoms with E-state index < -0.39 is 0 Å². The van der Waals surface area contributed by atoms with Crippen molar-refractivity contribution in [3.05, 3.63) is 59.5 Å². The number of rotatable bonds is 5. The number of thiazole rings is 1. The van der Waals surface area contributed by atoms with E-state index in [1.54, 1.807) is 36.8 Å². The topological polar surface area (TPSA) is 64.4 Å². The highest BCUT2D eigenvalue weighted by atomic mass is 32.1. The van der Waals surface area contributed by atoms with Crippen molar-refractivity contribution in [2.45, 2.75) is 6.61 Å². The van der Waals surface area contributed by atoms with E-state index in [0.29, 0.717) is 18.1 Å². The first kappa shape index (κ1) is 14.5. The molecule has 1 aromatic carbocycles. The number of carbonyl (C=O) groups excluding carboxylic acids is 1. The molecule has 1 N–H and O–H groups in total. The number of methoxy groups -OCH3 is 1. The summed E-state index contributed by atoms with van der Waals surface area (Å²) in [6.45, 7) is 0.340. The first-order chi connectivity index (χ1) is 10.8. The Labute approximate surface area is 131 Å². The number of aromatic nitrogens is 1. The highest BCUT2D eigenvalue weighted by Crippen LogP contribution is 2.24. The number of benzene rings is 1. The summed E-state index contributed by atoms with van der Waals surface area (Å²) in [6.07, 6.45) is 1.76. The number of carbonyl (C=O) groups is 1. The third-order valence-corrected chi connectivity index (χ3v) is 3.79. The predicted octanol–water partition coefficient (Wildman–Crippen LogP) is 3.80. The Morgan fingerprint density at radius 2 is 2.27 bits per heavy atom. The molecule has 0 aliphatic carbocycles. The molecule has 0 saturated heterocycles. The number of nitrogens with one attached hydrogen (secondary N) is 1. The molecule has 0 radical (unpaired) electrons. The molecule has 112 valence electrons. The summed E-state index contributed by atoms with van der Waals surface area (Å²) >= 11 is 1.55. The fraction of sp³-hybridized carbons (Fsp3) is 0.125. The molecule has 6 heteroatoms. The van der Waals surface area contributed by atoms with Gasteiger partial charge in [0.1, 0.15) is 17.4 Å². The smallest absolute Gasteiger partial charge is 0.291 e. The molecule has 0 spiro atoms. The first-order valence-electron chi connectivity index (χ1n) is 6.65. The molecule has 0 fully saturated rings. The van der Waals surface area contributed by atoms with Crippen LogP contribution in [0.15, 0.2) is 52.4 Å². The predicted molar refractivity (Wildman–Crippen MR) is 84.9 cm³/mol. The van der Waals surface area contributed by atoms with E-state index in [2.05, 4.69) is 10.3 Å². The van der Waals surface area contributed by atoms with Gasteiger partial charge in [-0.1, -0.05) is 12.1 Å². The second-order valence-corrected chi connectivity index (χ2v) is 5.47. The molecule has 3 aromatic rings. The first-order valence-corrected chi connectivity index (χ1v) is 7.53. The Balaban J connectivity index is 1.75. The number of hydrogen-bond acceptors (Lipinski definition) is 5. The number of amides is 1. The van der Waals surface area contributed by atoms with Crippen molar-refractivity contribution in [3.63, 3.8) is 0 Å². The van der Waals surface area contributed by atoms with Crippen LogP contribution >= 0.6 is 11.3 Å². The minimum absolute atomic E-state index is 0.256. The molecule has 0 saturated carbocycles. The maximum absolute atomic E-state index is 12.2. The third kappa shape index (κ3) is 3.24. The molecular formula is C16H14N2O3S. The van der Waals surface area contributed by atoms with Gasteiger partial charge in [0, 0.05) is 29.9 Å². The zero-order valence-electron chi connectivity index (χ0n) is 11.9. The highest BCUT2D eigenvalue weighted by Gasteiger charge is 2.12. The van der Waals surface area contributed by atoms with Crippen LogP contribution in [0.25, 0.3) is 10.6 Å². The van der Waals surface area contributed by atoms with E-state index in [0.717, 1.165) is 10.6 Å². The van der Waals surface area contributed by atoms with Crippen LogP contribution in [0.2, 0.25) is 0 Å². The van der Waals surface area contributed by atoms with Crippen molar-refractivity contribution in [2.75, 3.05) is 12.4 Å². The van der Waals surface area contributed by atoms with Crippen molar-refractivity contribution in [1.29, 1.82) is 0 Å². The van der Waals surface area contributed by atoms with Gasteiger partial charge < -0.3 is 14.5 Å². The van der Waals surface area contributed by atoms with Gasteiger partial charge in [0.15, 0.2) is 5.76 Å². The molecule has 0 atom stereocenters. The number of ether oxygens (including phenoxy) is 1. The summed E-state index contributed by atoms with van der Waals surface area (Å²) in [6, 6.07) is 10.9. The van der Waals surface area contributed by atoms with Gasteiger partial charge in [0.2, 0.25) is 0 Å². The molecule has 22 heavy (non-hydrogen) atoms. The average Bonchev–Trinajstić information content (AvgIpc) is 3.19. The monoisotopic (exact) mass is 314 g/mol. The van der Waals surface area contributed by atoms with Crippen molar-refractivity contribution >= 4 is 22.9 Å². The van der Waals surface area contributed by atoms with Gasteiger partial charge in [0.25, 0.3) is 5.91 Å². The van der Waals surface area contributed by atoms with Gasteiger partial charge in [0.05, 0.1) is 0 Å². The molecule has 0 unspecified atom stereocenters. The van der Waals surface area contributed by atoms with E-state index in [9.17, 15) is 4.79 Å². The van der Waals surface area contributed by atoms with E-state index in [4.69, 9.17) is 9.15 Å². The number of nitrogens with zero attached hydrogens (tertiary/aromatic N) is 1. The quantitative estimate of drug-likeness (QED) is 0.778. The maximum Gasteiger partial charge on any atom is 0.291 e. The Hall–Kier alpha value is -2.44. The van der Waals surface area contributed by atoms with Gasteiger partial charge in [-0.3, -0.25) is 4.79 Å². The second-order valence-electron chi connectivity index (χ2n) is 4.57. The minimum atomic E-state index is -0.293. The van der Waals surface area contributed by atoms with Gasteiger partial charge in [-0.15, -0.1) is 11.3 Å². The van der Waals surface area contributed by atoms with Crippen LogP contribution in [-0.4, -0.2) is 18.0 Å². The Bertz CT molecular complexity index is 765. The molecule has 0 aliphatic rings. The van der Waals surface area contributed by atoms with Crippen LogP contribution in [0.4, 0.5) is 5.69 Å². The second kappa shape index (κ2) is 6.55. The molecule has 3 rings (SSSR count). The molecule has 1 amide bonds. The van der Waals surface area contributed by atoms with E-state index in [1.807, 2.05) is 29.6 Å². The minimum Gasteiger partial charge on any atom is -0.453 e. The van der Waals surface area contributed by atoms with E-state index >= 15 is 0 Å². The van der Waals surface area contributed by atoms with Crippen LogP contribution in [-0.2, 0) is 11.3 Å². The lowest BCUT2D eigenvalue weighted by Gasteiger charge is -2.05. The highest BCUT2D eigenvalue weighted by molar-refractivity contribution is 7.13. The summed E-state index contributed by atoms with van der Waals surface area (Å²) in [5.74, 6) is 0.578. The number of furan rings is 1. The van der Waals surface area contributed by atoms with Crippen molar-refractivity contribution in [2.24, 2.45) is 0 Å². The largest absolute Gasteiger partial charge is 0.453 e. The fourth-order valence-electron chi connectivity index (χ4n) is 2.01. The SMILES string of the molecule is COCc1ccc(C(=O)Nc2cccc(-c3nccs3)c2)o1. The van der Waals surface area contributed by atoms with Crippen LogP contribution < -0.4 is 5.32 Å². The molecular weight excluding hydrogens is 300 g/mol. The summed E-state index contributed by atoms with van der Waals surface area (Å²) in [5.41, 5.74) is 1.66. The maximum atomic E-state index is 12.2. The normalized spacial score (nSPS) is 10.6. The standard InChI is InChI=1S/C16H14N2O3S/c1-20-10-13-5-6-14(21-13)15(19)18-12-4-2-3-11(9-12)16-17-7-8-22-16/h2-9H,10H2,1H3,(H,18,19). The fourth-order valence-corrected chi connectivity index (χ4v) is 2.64. The van der Waals surface area contributed by atoms with Crippen molar-refractivity contribution in [3.8, 4) is 10.6 Å². The number of hydrogen-bond donors (Lipinski definition) is 1. The Kier molecular flexibility index (Phi) is 4.32. The summed E-state index contributed by atoms with van der Waals surface area (Å²) in [4.78, 5) is 16.4. The van der Waals surface area contributed by atoms with Crippen LogP contribution in [0.5, 0.6) is 0 Å². The zero-order chi connectivity index (χ0) is 15.4. The molecule has 2 heterocycles. The Morgan fingerprint density at radius 3 is 3.05 bits per heavy atom. The van der Waals surface area contributed by atoms with Gasteiger partial charge in [-0.05, 0) is 24.3 Å². The Morgan fingerprint density at radius 1 is 1.36 bits per heavy atom. The summed E-state index contributed by atoms with van der Waals surface area (Å²) in [5, 5.41) is 5.65. The lowest BCUT2D eigenvalue weighted by molar-refractivity contribution is 0.0987. The van der Waals surface area contributed by atoms with Crippen LogP contribution in [0.1, 0.15) is 16.3 Å². The lowest BCUT2D eigenvalue weighted by Crippen LogP contribution is -2.10. The summed E-state index contributed by atoms with van der Waals surface area (Å²) in [7, 11) is 1.58. The molecule has 0 aliphatic heterocycles. The molecule has 2 aromatic heterocycles. The average molecular weight is 314 g/mol. The molecule has 0 bridgehead atoms.